The fraction of sp³-hybridized carbons (Fsp3) is 0.667. The predicted octanol–water partition coefficient (Wildman–Crippen LogP) is -1.93. The Bertz CT molecular complexity index is 181. The van der Waals surface area contributed by atoms with E-state index in [2.05, 4.69) is 4.99 Å². The Hall–Kier alpha value is -0.0403. The molecule has 0 aromatic carbocycles. The number of carboxylic acid groups (broad SMARTS) is 1. The fourth-order valence-corrected chi connectivity index (χ4v) is 0.643. The van der Waals surface area contributed by atoms with Crippen molar-refractivity contribution in [1.29, 1.82) is 0 Å². The Kier molecular flexibility index (Phi) is 10.2. The Balaban J connectivity index is 0. The standard InChI is InChI=1S/C6H14N4O2.Ca/c7-4(5(11)12)2-1-3-10-6(8)9;/h4H,1-3,7H2,(H,11,12)(H4,8,9,10);/t4-;/m0./s1. The second-order valence-corrected chi connectivity index (χ2v) is 2.39. The number of nitrogens with two attached hydrogens (primary N) is 3. The molecule has 0 heterocycles. The van der Waals surface area contributed by atoms with Gasteiger partial charge in [-0.15, -0.1) is 0 Å². The molecule has 7 N–H and O–H groups in total. The second-order valence-electron chi connectivity index (χ2n) is 2.39. The number of nitrogens with zero attached hydrogens (tertiary/aromatic N) is 1. The van der Waals surface area contributed by atoms with Gasteiger partial charge in [-0.2, -0.15) is 0 Å². The van der Waals surface area contributed by atoms with Gasteiger partial charge in [-0.1, -0.05) is 0 Å². The first-order valence-electron chi connectivity index (χ1n) is 3.58. The van der Waals surface area contributed by atoms with Crippen LogP contribution in [0.25, 0.3) is 0 Å². The molecule has 6 nitrogen and oxygen atoms in total. The van der Waals surface area contributed by atoms with E-state index in [0.29, 0.717) is 19.4 Å². The van der Waals surface area contributed by atoms with Crippen LogP contribution in [0.4, 0.5) is 0 Å². The zero-order valence-electron chi connectivity index (χ0n) is 7.44. The van der Waals surface area contributed by atoms with Crippen molar-refractivity contribution in [1.82, 2.24) is 0 Å². The second kappa shape index (κ2) is 8.55. The number of rotatable bonds is 5. The Labute approximate surface area is 107 Å². The molecule has 0 spiro atoms. The van der Waals surface area contributed by atoms with Crippen molar-refractivity contribution in [3.63, 3.8) is 0 Å². The summed E-state index contributed by atoms with van der Waals surface area (Å²) in [6.45, 7) is 0.420. The minimum Gasteiger partial charge on any atom is -0.480 e. The van der Waals surface area contributed by atoms with E-state index in [1.807, 2.05) is 0 Å². The SMILES string of the molecule is NC(N)=NCCC[C@H](N)C(=O)O.[Ca]. The van der Waals surface area contributed by atoms with Crippen molar-refractivity contribution < 1.29 is 9.90 Å². The smallest absolute Gasteiger partial charge is 0.320 e. The third-order valence-electron chi connectivity index (χ3n) is 1.28. The minimum absolute atomic E-state index is 0. The van der Waals surface area contributed by atoms with Crippen LogP contribution >= 0.6 is 0 Å². The van der Waals surface area contributed by atoms with E-state index in [9.17, 15) is 4.79 Å². The van der Waals surface area contributed by atoms with Crippen LogP contribution in [0.5, 0.6) is 0 Å². The molecule has 13 heavy (non-hydrogen) atoms. The van der Waals surface area contributed by atoms with Crippen LogP contribution in [0, 0.1) is 0 Å². The number of carbonyl (C=O) groups is 1. The number of hydrogen-bond acceptors (Lipinski definition) is 3. The molecule has 0 fully saturated rings. The molecule has 7 heteroatoms. The third-order valence-corrected chi connectivity index (χ3v) is 1.28. The van der Waals surface area contributed by atoms with Crippen LogP contribution in [0.1, 0.15) is 12.8 Å². The zero-order chi connectivity index (χ0) is 9.56. The van der Waals surface area contributed by atoms with E-state index in [1.165, 1.54) is 0 Å². The average molecular weight is 214 g/mol. The monoisotopic (exact) mass is 214 g/mol. The van der Waals surface area contributed by atoms with Gasteiger partial charge in [-0.25, -0.2) is 0 Å². The molecule has 0 aromatic rings. The van der Waals surface area contributed by atoms with Gasteiger partial charge in [-0.3, -0.25) is 9.79 Å². The molecule has 0 aliphatic rings. The van der Waals surface area contributed by atoms with Gasteiger partial charge in [0.2, 0.25) is 0 Å². The number of aliphatic carboxylic acids is 1. The van der Waals surface area contributed by atoms with E-state index in [0.717, 1.165) is 0 Å². The largest absolute Gasteiger partial charge is 0.480 e. The zero-order valence-corrected chi connectivity index (χ0v) is 9.65. The summed E-state index contributed by atoms with van der Waals surface area (Å²) in [5.41, 5.74) is 15.3. The Morgan fingerprint density at radius 2 is 2.00 bits per heavy atom. The maximum atomic E-state index is 10.2. The fourth-order valence-electron chi connectivity index (χ4n) is 0.643. The molecule has 0 rings (SSSR count). The summed E-state index contributed by atoms with van der Waals surface area (Å²) < 4.78 is 0. The first-order valence-corrected chi connectivity index (χ1v) is 3.58. The Morgan fingerprint density at radius 3 is 2.38 bits per heavy atom. The van der Waals surface area contributed by atoms with E-state index in [4.69, 9.17) is 22.3 Å². The van der Waals surface area contributed by atoms with Crippen LogP contribution < -0.4 is 17.2 Å². The van der Waals surface area contributed by atoms with Gasteiger partial charge >= 0.3 is 5.97 Å². The molecule has 2 radical (unpaired) electrons. The summed E-state index contributed by atoms with van der Waals surface area (Å²) in [5.74, 6) is -0.987. The summed E-state index contributed by atoms with van der Waals surface area (Å²) in [4.78, 5) is 13.9. The van der Waals surface area contributed by atoms with Crippen molar-refractivity contribution in [2.45, 2.75) is 18.9 Å². The van der Waals surface area contributed by atoms with Crippen LogP contribution in [-0.4, -0.2) is 67.4 Å². The van der Waals surface area contributed by atoms with Gasteiger partial charge < -0.3 is 22.3 Å². The molecule has 0 saturated carbocycles. The molecule has 0 aliphatic carbocycles. The summed E-state index contributed by atoms with van der Waals surface area (Å²) in [6, 6.07) is -0.820. The van der Waals surface area contributed by atoms with Crippen LogP contribution in [-0.2, 0) is 4.79 Å². The van der Waals surface area contributed by atoms with Gasteiger partial charge in [-0.05, 0) is 12.8 Å². The molecule has 0 aromatic heterocycles. The number of hydrogen-bond donors (Lipinski definition) is 4. The quantitative estimate of drug-likeness (QED) is 0.183. The normalized spacial score (nSPS) is 11.2. The maximum absolute atomic E-state index is 10.2. The molecule has 0 aliphatic heterocycles. The van der Waals surface area contributed by atoms with Gasteiger partial charge in [0.15, 0.2) is 5.96 Å². The molecule has 72 valence electrons. The minimum atomic E-state index is -1.00. The van der Waals surface area contributed by atoms with E-state index < -0.39 is 12.0 Å². The summed E-state index contributed by atoms with van der Waals surface area (Å²) in [6.07, 6.45) is 0.956. The number of carboxylic acids is 1. The predicted molar refractivity (Wildman–Crippen MR) is 51.3 cm³/mol. The van der Waals surface area contributed by atoms with Gasteiger partial charge in [0.1, 0.15) is 6.04 Å². The van der Waals surface area contributed by atoms with Crippen LogP contribution in [0.3, 0.4) is 0 Å². The van der Waals surface area contributed by atoms with Crippen LogP contribution in [0.15, 0.2) is 4.99 Å². The number of guanidine groups is 1. The van der Waals surface area contributed by atoms with Gasteiger partial charge in [0, 0.05) is 44.3 Å². The van der Waals surface area contributed by atoms with Crippen molar-refractivity contribution in [3.05, 3.63) is 0 Å². The Morgan fingerprint density at radius 1 is 1.46 bits per heavy atom. The van der Waals surface area contributed by atoms with Crippen molar-refractivity contribution in [2.75, 3.05) is 6.54 Å². The molecular weight excluding hydrogens is 200 g/mol. The molecule has 1 atom stereocenters. The van der Waals surface area contributed by atoms with Crippen molar-refractivity contribution in [3.8, 4) is 0 Å². The first kappa shape index (κ1) is 15.4. The van der Waals surface area contributed by atoms with E-state index in [-0.39, 0.29) is 43.7 Å². The van der Waals surface area contributed by atoms with Gasteiger partial charge in [0.25, 0.3) is 0 Å². The average Bonchev–Trinajstić information content (AvgIpc) is 1.97. The van der Waals surface area contributed by atoms with Crippen molar-refractivity contribution in [2.24, 2.45) is 22.2 Å². The topological polar surface area (TPSA) is 128 Å². The first-order chi connectivity index (χ1) is 5.54. The summed E-state index contributed by atoms with van der Waals surface area (Å²) in [7, 11) is 0. The van der Waals surface area contributed by atoms with Gasteiger partial charge in [0.05, 0.1) is 0 Å². The molecular formula is C6H14CaN4O2. The maximum Gasteiger partial charge on any atom is 0.320 e. The van der Waals surface area contributed by atoms with Crippen LogP contribution in [0.2, 0.25) is 0 Å². The molecule has 0 unspecified atom stereocenters. The molecule has 0 bridgehead atoms. The van der Waals surface area contributed by atoms with E-state index in [1.54, 1.807) is 0 Å². The summed E-state index contributed by atoms with van der Waals surface area (Å²) >= 11 is 0. The third kappa shape index (κ3) is 9.88. The number of aliphatic imine (C=N–C) groups is 1. The van der Waals surface area contributed by atoms with E-state index >= 15 is 0 Å². The molecule has 0 amide bonds. The summed E-state index contributed by atoms with van der Waals surface area (Å²) in [5, 5.41) is 8.38. The molecule has 0 saturated heterocycles. The van der Waals surface area contributed by atoms with Crippen molar-refractivity contribution >= 4 is 49.7 Å².